The molecule has 0 aliphatic carbocycles. The van der Waals surface area contributed by atoms with Crippen LogP contribution in [0.4, 0.5) is 0 Å². The first-order valence-electron chi connectivity index (χ1n) is 7.17. The van der Waals surface area contributed by atoms with Crippen LogP contribution in [-0.2, 0) is 4.79 Å². The second kappa shape index (κ2) is 6.20. The first-order chi connectivity index (χ1) is 9.08. The van der Waals surface area contributed by atoms with Crippen molar-refractivity contribution in [3.05, 3.63) is 34.9 Å². The van der Waals surface area contributed by atoms with Gasteiger partial charge in [0, 0.05) is 12.5 Å². The molecule has 3 nitrogen and oxygen atoms in total. The lowest BCUT2D eigenvalue weighted by atomic mass is 9.98. The van der Waals surface area contributed by atoms with Crippen LogP contribution < -0.4 is 10.6 Å². The third kappa shape index (κ3) is 3.57. The maximum atomic E-state index is 12.0. The van der Waals surface area contributed by atoms with Crippen molar-refractivity contribution in [1.82, 2.24) is 10.6 Å². The van der Waals surface area contributed by atoms with Crippen LogP contribution in [0, 0.1) is 13.8 Å². The number of benzene rings is 1. The van der Waals surface area contributed by atoms with Gasteiger partial charge >= 0.3 is 0 Å². The third-order valence-corrected chi connectivity index (χ3v) is 4.08. The van der Waals surface area contributed by atoms with Crippen molar-refractivity contribution in [3.8, 4) is 0 Å². The van der Waals surface area contributed by atoms with E-state index >= 15 is 0 Å². The van der Waals surface area contributed by atoms with Crippen LogP contribution in [0.1, 0.15) is 48.9 Å². The van der Waals surface area contributed by atoms with Gasteiger partial charge in [-0.2, -0.15) is 0 Å². The van der Waals surface area contributed by atoms with E-state index in [1.807, 2.05) is 0 Å². The van der Waals surface area contributed by atoms with Crippen LogP contribution in [-0.4, -0.2) is 18.5 Å². The second-order valence-corrected chi connectivity index (χ2v) is 5.58. The van der Waals surface area contributed by atoms with Crippen LogP contribution in [0.3, 0.4) is 0 Å². The van der Waals surface area contributed by atoms with Crippen molar-refractivity contribution >= 4 is 5.91 Å². The predicted octanol–water partition coefficient (Wildman–Crippen LogP) is 2.62. The van der Waals surface area contributed by atoms with E-state index in [1.165, 1.54) is 23.1 Å². The van der Waals surface area contributed by atoms with Gasteiger partial charge in [-0.1, -0.05) is 18.2 Å². The SMILES string of the molecule is Cc1cccc(C(C)NC(=O)CC2CCCN2)c1C. The highest BCUT2D eigenvalue weighted by atomic mass is 16.1. The molecular formula is C16H24N2O. The van der Waals surface area contributed by atoms with Gasteiger partial charge in [0.25, 0.3) is 0 Å². The zero-order chi connectivity index (χ0) is 13.8. The number of carbonyl (C=O) groups excluding carboxylic acids is 1. The molecule has 1 heterocycles. The third-order valence-electron chi connectivity index (χ3n) is 4.08. The Morgan fingerprint density at radius 3 is 2.95 bits per heavy atom. The molecule has 104 valence electrons. The molecule has 0 radical (unpaired) electrons. The van der Waals surface area contributed by atoms with E-state index in [9.17, 15) is 4.79 Å². The van der Waals surface area contributed by atoms with E-state index in [4.69, 9.17) is 0 Å². The highest BCUT2D eigenvalue weighted by Gasteiger charge is 2.19. The molecule has 1 aromatic carbocycles. The summed E-state index contributed by atoms with van der Waals surface area (Å²) in [5.74, 6) is 0.146. The molecule has 2 unspecified atom stereocenters. The second-order valence-electron chi connectivity index (χ2n) is 5.58. The van der Waals surface area contributed by atoms with Crippen LogP contribution in [0.5, 0.6) is 0 Å². The molecular weight excluding hydrogens is 236 g/mol. The summed E-state index contributed by atoms with van der Waals surface area (Å²) in [4.78, 5) is 12.0. The van der Waals surface area contributed by atoms with Crippen molar-refractivity contribution in [1.29, 1.82) is 0 Å². The van der Waals surface area contributed by atoms with Gasteiger partial charge in [0.05, 0.1) is 6.04 Å². The van der Waals surface area contributed by atoms with Gasteiger partial charge in [-0.15, -0.1) is 0 Å². The molecule has 2 N–H and O–H groups in total. The topological polar surface area (TPSA) is 41.1 Å². The fourth-order valence-electron chi connectivity index (χ4n) is 2.78. The summed E-state index contributed by atoms with van der Waals surface area (Å²) in [6.07, 6.45) is 2.89. The summed E-state index contributed by atoms with van der Waals surface area (Å²) in [6.45, 7) is 7.33. The Balaban J connectivity index is 1.94. The lowest BCUT2D eigenvalue weighted by molar-refractivity contribution is -0.122. The van der Waals surface area contributed by atoms with E-state index < -0.39 is 0 Å². The van der Waals surface area contributed by atoms with Crippen LogP contribution in [0.2, 0.25) is 0 Å². The molecule has 1 aliphatic heterocycles. The van der Waals surface area contributed by atoms with Crippen molar-refractivity contribution in [3.63, 3.8) is 0 Å². The Labute approximate surface area is 115 Å². The fourth-order valence-corrected chi connectivity index (χ4v) is 2.78. The molecule has 0 spiro atoms. The summed E-state index contributed by atoms with van der Waals surface area (Å²) in [5.41, 5.74) is 3.76. The monoisotopic (exact) mass is 260 g/mol. The summed E-state index contributed by atoms with van der Waals surface area (Å²) < 4.78 is 0. The van der Waals surface area contributed by atoms with Gasteiger partial charge in [-0.05, 0) is 56.8 Å². The van der Waals surface area contributed by atoms with Gasteiger partial charge in [0.1, 0.15) is 0 Å². The molecule has 3 heteroatoms. The summed E-state index contributed by atoms with van der Waals surface area (Å²) in [6, 6.07) is 6.70. The van der Waals surface area contributed by atoms with Gasteiger partial charge < -0.3 is 10.6 Å². The van der Waals surface area contributed by atoms with Gasteiger partial charge in [0.2, 0.25) is 5.91 Å². The molecule has 0 saturated carbocycles. The lowest BCUT2D eigenvalue weighted by Crippen LogP contribution is -2.33. The van der Waals surface area contributed by atoms with Gasteiger partial charge in [-0.3, -0.25) is 4.79 Å². The number of carbonyl (C=O) groups is 1. The summed E-state index contributed by atoms with van der Waals surface area (Å²) >= 11 is 0. The largest absolute Gasteiger partial charge is 0.350 e. The van der Waals surface area contributed by atoms with Gasteiger partial charge in [0.15, 0.2) is 0 Å². The average molecular weight is 260 g/mol. The fraction of sp³-hybridized carbons (Fsp3) is 0.562. The standard InChI is InChI=1S/C16H24N2O/c1-11-6-4-8-15(12(11)2)13(3)18-16(19)10-14-7-5-9-17-14/h4,6,8,13-14,17H,5,7,9-10H2,1-3H3,(H,18,19). The van der Waals surface area contributed by atoms with E-state index in [2.05, 4.69) is 49.6 Å². The van der Waals surface area contributed by atoms with Crippen LogP contribution in [0.15, 0.2) is 18.2 Å². The summed E-state index contributed by atoms with van der Waals surface area (Å²) in [5, 5.41) is 6.47. The van der Waals surface area contributed by atoms with Crippen molar-refractivity contribution in [2.75, 3.05) is 6.54 Å². The number of nitrogens with one attached hydrogen (secondary N) is 2. The van der Waals surface area contributed by atoms with Gasteiger partial charge in [-0.25, -0.2) is 0 Å². The molecule has 19 heavy (non-hydrogen) atoms. The Morgan fingerprint density at radius 1 is 1.47 bits per heavy atom. The molecule has 1 aliphatic rings. The molecule has 1 amide bonds. The normalized spacial score (nSPS) is 20.3. The minimum atomic E-state index is 0.0776. The maximum absolute atomic E-state index is 12.0. The zero-order valence-electron chi connectivity index (χ0n) is 12.1. The Bertz CT molecular complexity index is 450. The Hall–Kier alpha value is -1.35. The zero-order valence-corrected chi connectivity index (χ0v) is 12.1. The molecule has 1 saturated heterocycles. The average Bonchev–Trinajstić information content (AvgIpc) is 2.85. The number of hydrogen-bond acceptors (Lipinski definition) is 2. The molecule has 2 rings (SSSR count). The molecule has 1 aromatic rings. The van der Waals surface area contributed by atoms with Crippen molar-refractivity contribution in [2.24, 2.45) is 0 Å². The lowest BCUT2D eigenvalue weighted by Gasteiger charge is -2.19. The summed E-state index contributed by atoms with van der Waals surface area (Å²) in [7, 11) is 0. The van der Waals surface area contributed by atoms with Crippen LogP contribution >= 0.6 is 0 Å². The number of aryl methyl sites for hydroxylation is 1. The minimum absolute atomic E-state index is 0.0776. The predicted molar refractivity (Wildman–Crippen MR) is 78.1 cm³/mol. The smallest absolute Gasteiger partial charge is 0.222 e. The first kappa shape index (κ1) is 14.1. The van der Waals surface area contributed by atoms with Crippen LogP contribution in [0.25, 0.3) is 0 Å². The Kier molecular flexibility index (Phi) is 4.59. The van der Waals surface area contributed by atoms with E-state index in [-0.39, 0.29) is 11.9 Å². The Morgan fingerprint density at radius 2 is 2.26 bits per heavy atom. The number of hydrogen-bond donors (Lipinski definition) is 2. The molecule has 0 bridgehead atoms. The number of amides is 1. The van der Waals surface area contributed by atoms with E-state index in [0.717, 1.165) is 13.0 Å². The minimum Gasteiger partial charge on any atom is -0.350 e. The first-order valence-corrected chi connectivity index (χ1v) is 7.17. The molecule has 1 fully saturated rings. The highest BCUT2D eigenvalue weighted by Crippen LogP contribution is 2.20. The van der Waals surface area contributed by atoms with E-state index in [0.29, 0.717) is 12.5 Å². The van der Waals surface area contributed by atoms with Crippen molar-refractivity contribution in [2.45, 2.75) is 52.1 Å². The van der Waals surface area contributed by atoms with Crippen molar-refractivity contribution < 1.29 is 4.79 Å². The highest BCUT2D eigenvalue weighted by molar-refractivity contribution is 5.77. The molecule has 0 aromatic heterocycles. The maximum Gasteiger partial charge on any atom is 0.222 e. The number of rotatable bonds is 4. The molecule has 2 atom stereocenters. The van der Waals surface area contributed by atoms with E-state index in [1.54, 1.807) is 0 Å². The quantitative estimate of drug-likeness (QED) is 0.873.